The lowest BCUT2D eigenvalue weighted by atomic mass is 10.3. The number of nitrogens with zero attached hydrogens (tertiary/aromatic N) is 4. The maximum Gasteiger partial charge on any atom is 0.430 e. The molecular weight excluding hydrogens is 387 g/mol. The van der Waals surface area contributed by atoms with Crippen molar-refractivity contribution in [3.05, 3.63) is 54.1 Å². The fraction of sp³-hybridized carbons (Fsp3) is 0.211. The van der Waals surface area contributed by atoms with Gasteiger partial charge in [0.2, 0.25) is 0 Å². The molecule has 0 spiro atoms. The molecule has 3 heterocycles. The van der Waals surface area contributed by atoms with Crippen LogP contribution in [0, 0.1) is 6.92 Å². The molecule has 0 aliphatic heterocycles. The number of imidazole rings is 1. The Hall–Kier alpha value is -2.81. The average molecular weight is 405 g/mol. The molecule has 0 aliphatic rings. The second-order valence-corrected chi connectivity index (χ2v) is 7.27. The smallest absolute Gasteiger partial charge is 0.395 e. The van der Waals surface area contributed by atoms with Crippen molar-refractivity contribution in [3.63, 3.8) is 0 Å². The number of fused-ring (bicyclic) bond motifs is 1. The molecule has 3 aromatic rings. The van der Waals surface area contributed by atoms with Gasteiger partial charge in [0.05, 0.1) is 11.9 Å². The highest BCUT2D eigenvalue weighted by atomic mass is 32.2. The van der Waals surface area contributed by atoms with Crippen molar-refractivity contribution in [3.8, 4) is 11.4 Å². The van der Waals surface area contributed by atoms with Gasteiger partial charge in [0.15, 0.2) is 0 Å². The van der Waals surface area contributed by atoms with Crippen molar-refractivity contribution < 1.29 is 13.2 Å². The number of aliphatic imine (C=N–C) groups is 1. The Labute approximate surface area is 164 Å². The van der Waals surface area contributed by atoms with E-state index < -0.39 is 11.9 Å². The first-order valence-electron chi connectivity index (χ1n) is 8.43. The summed E-state index contributed by atoms with van der Waals surface area (Å²) >= 11 is 1.56. The molecule has 5 nitrogen and oxygen atoms in total. The largest absolute Gasteiger partial charge is 0.430 e. The van der Waals surface area contributed by atoms with Crippen LogP contribution in [-0.2, 0) is 0 Å². The van der Waals surface area contributed by atoms with E-state index in [1.165, 1.54) is 6.20 Å². The summed E-state index contributed by atoms with van der Waals surface area (Å²) < 4.78 is 39.2. The molecule has 0 aromatic carbocycles. The molecule has 9 heteroatoms. The number of hydrogen-bond donors (Lipinski definition) is 1. The lowest BCUT2D eigenvalue weighted by Gasteiger charge is -2.06. The second-order valence-electron chi connectivity index (χ2n) is 5.97. The maximum absolute atomic E-state index is 12.4. The van der Waals surface area contributed by atoms with E-state index in [9.17, 15) is 13.2 Å². The van der Waals surface area contributed by atoms with Gasteiger partial charge in [0, 0.05) is 23.5 Å². The van der Waals surface area contributed by atoms with Gasteiger partial charge in [-0.05, 0) is 42.5 Å². The van der Waals surface area contributed by atoms with Gasteiger partial charge in [-0.25, -0.2) is 4.98 Å². The second kappa shape index (κ2) is 8.05. The third-order valence-corrected chi connectivity index (χ3v) is 4.71. The van der Waals surface area contributed by atoms with Crippen molar-refractivity contribution in [1.82, 2.24) is 14.4 Å². The lowest BCUT2D eigenvalue weighted by molar-refractivity contribution is -0.0925. The Morgan fingerprint density at radius 2 is 2.14 bits per heavy atom. The van der Waals surface area contributed by atoms with E-state index in [1.807, 2.05) is 42.8 Å². The minimum atomic E-state index is -4.57. The van der Waals surface area contributed by atoms with Crippen LogP contribution in [0.25, 0.3) is 17.0 Å². The predicted molar refractivity (Wildman–Crippen MR) is 106 cm³/mol. The molecule has 3 rings (SSSR count). The van der Waals surface area contributed by atoms with Gasteiger partial charge in [0.1, 0.15) is 22.7 Å². The van der Waals surface area contributed by atoms with Crippen LogP contribution in [-0.4, -0.2) is 32.5 Å². The highest BCUT2D eigenvalue weighted by Crippen LogP contribution is 2.32. The number of aromatic nitrogens is 3. The van der Waals surface area contributed by atoms with Crippen molar-refractivity contribution >= 4 is 29.3 Å². The number of thioether (sulfide) groups is 1. The number of aryl methyl sites for hydroxylation is 1. The summed E-state index contributed by atoms with van der Waals surface area (Å²) in [6, 6.07) is 5.75. The van der Waals surface area contributed by atoms with Crippen LogP contribution in [0.15, 0.2) is 58.5 Å². The summed E-state index contributed by atoms with van der Waals surface area (Å²) in [6.07, 6.45) is 2.51. The minimum absolute atomic E-state index is 0.436. The molecule has 0 saturated carbocycles. The van der Waals surface area contributed by atoms with Gasteiger partial charge in [-0.15, -0.1) is 11.8 Å². The van der Waals surface area contributed by atoms with Crippen LogP contribution in [0.5, 0.6) is 0 Å². The Kier molecular flexibility index (Phi) is 5.73. The standard InChI is InChI=1S/C19H18F3N5S/c1-3-28-15-9-13(24-6-4-16(23)19(20,21)22)10-25-18(15)14-11-27-7-5-12(2)8-17(27)26-14/h4-11H,3,23H2,1-2H3. The van der Waals surface area contributed by atoms with E-state index in [-0.39, 0.29) is 0 Å². The molecule has 0 saturated heterocycles. The Morgan fingerprint density at radius 1 is 1.36 bits per heavy atom. The highest BCUT2D eigenvalue weighted by molar-refractivity contribution is 7.99. The first kappa shape index (κ1) is 19.9. The summed E-state index contributed by atoms with van der Waals surface area (Å²) in [5.41, 5.74) is 7.54. The first-order valence-corrected chi connectivity index (χ1v) is 9.42. The van der Waals surface area contributed by atoms with Crippen molar-refractivity contribution in [2.45, 2.75) is 24.9 Å². The van der Waals surface area contributed by atoms with E-state index in [0.717, 1.165) is 39.8 Å². The Morgan fingerprint density at radius 3 is 2.86 bits per heavy atom. The maximum atomic E-state index is 12.4. The SMILES string of the molecule is CCSc1cc(N=CC=C(N)C(F)(F)F)cnc1-c1cn2ccc(C)cc2n1. The molecule has 0 amide bonds. The molecule has 0 bridgehead atoms. The monoisotopic (exact) mass is 405 g/mol. The number of alkyl halides is 3. The number of rotatable bonds is 5. The average Bonchev–Trinajstić information content (AvgIpc) is 3.04. The van der Waals surface area contributed by atoms with Crippen molar-refractivity contribution in [1.29, 1.82) is 0 Å². The fourth-order valence-electron chi connectivity index (χ4n) is 2.46. The molecule has 146 valence electrons. The number of allylic oxidation sites excluding steroid dienone is 2. The van der Waals surface area contributed by atoms with Gasteiger partial charge in [-0.1, -0.05) is 6.92 Å². The molecule has 0 aliphatic carbocycles. The first-order chi connectivity index (χ1) is 13.3. The Bertz CT molecular complexity index is 1050. The Balaban J connectivity index is 1.94. The van der Waals surface area contributed by atoms with E-state index >= 15 is 0 Å². The zero-order valence-electron chi connectivity index (χ0n) is 15.2. The van der Waals surface area contributed by atoms with Crippen molar-refractivity contribution in [2.75, 3.05) is 5.75 Å². The van der Waals surface area contributed by atoms with Gasteiger partial charge < -0.3 is 10.1 Å². The summed E-state index contributed by atoms with van der Waals surface area (Å²) in [7, 11) is 0. The van der Waals surface area contributed by atoms with Crippen molar-refractivity contribution in [2.24, 2.45) is 10.7 Å². The lowest BCUT2D eigenvalue weighted by Crippen LogP contribution is -2.19. The normalized spacial score (nSPS) is 13.0. The van der Waals surface area contributed by atoms with Gasteiger partial charge in [0.25, 0.3) is 0 Å². The molecule has 0 unspecified atom stereocenters. The van der Waals surface area contributed by atoms with Crippen LogP contribution < -0.4 is 5.73 Å². The quantitative estimate of drug-likeness (QED) is 0.483. The summed E-state index contributed by atoms with van der Waals surface area (Å²) in [4.78, 5) is 13.9. The predicted octanol–water partition coefficient (Wildman–Crippen LogP) is 4.92. The number of hydrogen-bond acceptors (Lipinski definition) is 5. The van der Waals surface area contributed by atoms with Crippen LogP contribution in [0.4, 0.5) is 18.9 Å². The molecular formula is C19H18F3N5S. The zero-order chi connectivity index (χ0) is 20.3. The van der Waals surface area contributed by atoms with E-state index in [2.05, 4.69) is 15.0 Å². The van der Waals surface area contributed by atoms with Crippen LogP contribution >= 0.6 is 11.8 Å². The molecule has 0 atom stereocenters. The number of nitrogens with two attached hydrogens (primary N) is 1. The molecule has 2 N–H and O–H groups in total. The summed E-state index contributed by atoms with van der Waals surface area (Å²) in [5.74, 6) is 0.801. The van der Waals surface area contributed by atoms with Crippen LogP contribution in [0.3, 0.4) is 0 Å². The molecule has 3 aromatic heterocycles. The number of pyridine rings is 2. The topological polar surface area (TPSA) is 68.6 Å². The van der Waals surface area contributed by atoms with Crippen LogP contribution in [0.1, 0.15) is 12.5 Å². The third-order valence-electron chi connectivity index (χ3n) is 3.80. The third kappa shape index (κ3) is 4.53. The van der Waals surface area contributed by atoms with E-state index in [0.29, 0.717) is 11.4 Å². The molecule has 0 radical (unpaired) electrons. The molecule has 28 heavy (non-hydrogen) atoms. The summed E-state index contributed by atoms with van der Waals surface area (Å²) in [5, 5.41) is 0. The molecule has 0 fully saturated rings. The minimum Gasteiger partial charge on any atom is -0.395 e. The van der Waals surface area contributed by atoms with Crippen LogP contribution in [0.2, 0.25) is 0 Å². The number of halogens is 3. The van der Waals surface area contributed by atoms with E-state index in [4.69, 9.17) is 5.73 Å². The van der Waals surface area contributed by atoms with E-state index in [1.54, 1.807) is 17.8 Å². The van der Waals surface area contributed by atoms with Gasteiger partial charge >= 0.3 is 6.18 Å². The summed E-state index contributed by atoms with van der Waals surface area (Å²) in [6.45, 7) is 4.00. The highest BCUT2D eigenvalue weighted by Gasteiger charge is 2.30. The fourth-order valence-corrected chi connectivity index (χ4v) is 3.27. The van der Waals surface area contributed by atoms with Gasteiger partial charge in [-0.2, -0.15) is 13.2 Å². The zero-order valence-corrected chi connectivity index (χ0v) is 16.1. The van der Waals surface area contributed by atoms with Gasteiger partial charge in [-0.3, -0.25) is 9.98 Å².